The molecule has 2 rings (SSSR count). The Kier molecular flexibility index (Phi) is 4.54. The maximum absolute atomic E-state index is 9.92. The summed E-state index contributed by atoms with van der Waals surface area (Å²) in [6, 6.07) is 0. The van der Waals surface area contributed by atoms with Crippen LogP contribution in [0.2, 0.25) is 0 Å². The highest BCUT2D eigenvalue weighted by Crippen LogP contribution is 2.36. The van der Waals surface area contributed by atoms with Crippen molar-refractivity contribution < 1.29 is 9.84 Å². The van der Waals surface area contributed by atoms with Crippen LogP contribution in [0.1, 0.15) is 67.3 Å². The molecule has 2 atom stereocenters. The Labute approximate surface area is 107 Å². The molecule has 17 heavy (non-hydrogen) atoms. The molecule has 0 aliphatic heterocycles. The lowest BCUT2D eigenvalue weighted by Gasteiger charge is -2.15. The van der Waals surface area contributed by atoms with Gasteiger partial charge in [0, 0.05) is 11.5 Å². The summed E-state index contributed by atoms with van der Waals surface area (Å²) >= 11 is 1.73. The Hall–Kier alpha value is -0.450. The summed E-state index contributed by atoms with van der Waals surface area (Å²) in [5.74, 6) is 0. The Morgan fingerprint density at radius 3 is 3.00 bits per heavy atom. The first-order valence-corrected chi connectivity index (χ1v) is 7.37. The molecule has 0 radical (unpaired) electrons. The van der Waals surface area contributed by atoms with Crippen LogP contribution in [0.5, 0.6) is 0 Å². The van der Waals surface area contributed by atoms with E-state index in [1.165, 1.54) is 4.88 Å². The van der Waals surface area contributed by atoms with Crippen LogP contribution in [-0.2, 0) is 11.2 Å². The topological polar surface area (TPSA) is 42.4 Å². The third-order valence-corrected chi connectivity index (χ3v) is 4.36. The van der Waals surface area contributed by atoms with Gasteiger partial charge in [0.05, 0.1) is 11.8 Å². The van der Waals surface area contributed by atoms with Gasteiger partial charge in [0.25, 0.3) is 0 Å². The number of ether oxygens (including phenoxy) is 1. The number of fused-ring (bicyclic) bond motifs is 1. The smallest absolute Gasteiger partial charge is 0.122 e. The molecule has 1 aliphatic rings. The van der Waals surface area contributed by atoms with E-state index in [0.717, 1.165) is 49.4 Å². The average Bonchev–Trinajstić information content (AvgIpc) is 2.74. The molecule has 1 aromatic heterocycles. The van der Waals surface area contributed by atoms with E-state index in [-0.39, 0.29) is 12.2 Å². The van der Waals surface area contributed by atoms with Crippen molar-refractivity contribution in [1.82, 2.24) is 4.98 Å². The summed E-state index contributed by atoms with van der Waals surface area (Å²) in [5, 5.41) is 11.0. The van der Waals surface area contributed by atoms with Gasteiger partial charge in [-0.25, -0.2) is 4.98 Å². The quantitative estimate of drug-likeness (QED) is 0.877. The van der Waals surface area contributed by atoms with Gasteiger partial charge in [0.1, 0.15) is 11.1 Å². The molecule has 4 heteroatoms. The number of aryl methyl sites for hydroxylation is 1. The van der Waals surface area contributed by atoms with Gasteiger partial charge >= 0.3 is 0 Å². The van der Waals surface area contributed by atoms with E-state index in [1.54, 1.807) is 11.3 Å². The highest BCUT2D eigenvalue weighted by Gasteiger charge is 2.25. The van der Waals surface area contributed by atoms with Crippen LogP contribution in [0, 0.1) is 0 Å². The van der Waals surface area contributed by atoms with Crippen molar-refractivity contribution in [3.63, 3.8) is 0 Å². The minimum absolute atomic E-state index is 0.118. The molecular weight excluding hydrogens is 234 g/mol. The molecule has 0 spiro atoms. The summed E-state index contributed by atoms with van der Waals surface area (Å²) in [5.41, 5.74) is 0.914. The molecule has 0 fully saturated rings. The average molecular weight is 255 g/mol. The van der Waals surface area contributed by atoms with Gasteiger partial charge in [-0.3, -0.25) is 0 Å². The van der Waals surface area contributed by atoms with Crippen molar-refractivity contribution in [2.24, 2.45) is 0 Å². The van der Waals surface area contributed by atoms with Crippen molar-refractivity contribution >= 4 is 11.3 Å². The monoisotopic (exact) mass is 255 g/mol. The third-order valence-electron chi connectivity index (χ3n) is 3.14. The van der Waals surface area contributed by atoms with Crippen LogP contribution in [-0.4, -0.2) is 16.7 Å². The fourth-order valence-corrected chi connectivity index (χ4v) is 3.54. The predicted molar refractivity (Wildman–Crippen MR) is 69.3 cm³/mol. The number of nitrogens with zero attached hydrogens (tertiary/aromatic N) is 1. The van der Waals surface area contributed by atoms with Gasteiger partial charge in [-0.2, -0.15) is 0 Å². The maximum Gasteiger partial charge on any atom is 0.122 e. The number of thiazole rings is 1. The fourth-order valence-electron chi connectivity index (χ4n) is 2.29. The van der Waals surface area contributed by atoms with Crippen molar-refractivity contribution in [3.05, 3.63) is 15.6 Å². The standard InChI is InChI=1S/C13H21NO2S/c1-3-6-10(16-4-2)13-14-12-9(15)7-5-8-11(12)17-13/h9-10,15H,3-8H2,1-2H3. The molecule has 0 aromatic carbocycles. The highest BCUT2D eigenvalue weighted by molar-refractivity contribution is 7.11. The van der Waals surface area contributed by atoms with Gasteiger partial charge < -0.3 is 9.84 Å². The predicted octanol–water partition coefficient (Wildman–Crippen LogP) is 3.39. The highest BCUT2D eigenvalue weighted by atomic mass is 32.1. The molecule has 0 saturated heterocycles. The molecule has 1 aromatic rings. The first-order chi connectivity index (χ1) is 8.26. The van der Waals surface area contributed by atoms with Gasteiger partial charge in [0.2, 0.25) is 0 Å². The fraction of sp³-hybridized carbons (Fsp3) is 0.769. The SMILES string of the molecule is CCCC(OCC)c1nc2c(s1)CCCC2O. The van der Waals surface area contributed by atoms with Crippen LogP contribution < -0.4 is 0 Å². The van der Waals surface area contributed by atoms with Crippen LogP contribution in [0.25, 0.3) is 0 Å². The van der Waals surface area contributed by atoms with Crippen LogP contribution in [0.3, 0.4) is 0 Å². The second-order valence-corrected chi connectivity index (χ2v) is 5.62. The van der Waals surface area contributed by atoms with Gasteiger partial charge in [-0.1, -0.05) is 13.3 Å². The minimum Gasteiger partial charge on any atom is -0.387 e. The first-order valence-electron chi connectivity index (χ1n) is 6.55. The number of aliphatic hydroxyl groups is 1. The van der Waals surface area contributed by atoms with Gasteiger partial charge in [-0.15, -0.1) is 11.3 Å². The largest absolute Gasteiger partial charge is 0.387 e. The lowest BCUT2D eigenvalue weighted by atomic mass is 10.0. The lowest BCUT2D eigenvalue weighted by Crippen LogP contribution is -2.08. The molecule has 2 unspecified atom stereocenters. The summed E-state index contributed by atoms with van der Waals surface area (Å²) < 4.78 is 5.75. The van der Waals surface area contributed by atoms with E-state index < -0.39 is 0 Å². The number of aliphatic hydroxyl groups excluding tert-OH is 1. The first kappa shape index (κ1) is 13.0. The Bertz CT molecular complexity index is 358. The molecule has 1 heterocycles. The Morgan fingerprint density at radius 2 is 2.35 bits per heavy atom. The van der Waals surface area contributed by atoms with Crippen molar-refractivity contribution in [2.45, 2.75) is 58.2 Å². The molecule has 1 N–H and O–H groups in total. The molecule has 0 amide bonds. The molecule has 1 aliphatic carbocycles. The molecule has 96 valence electrons. The van der Waals surface area contributed by atoms with Crippen molar-refractivity contribution in [3.8, 4) is 0 Å². The normalized spacial score (nSPS) is 21.2. The molecule has 0 saturated carbocycles. The number of hydrogen-bond donors (Lipinski definition) is 1. The summed E-state index contributed by atoms with van der Waals surface area (Å²) in [6.07, 6.45) is 4.86. The summed E-state index contributed by atoms with van der Waals surface area (Å²) in [6.45, 7) is 4.90. The minimum atomic E-state index is -0.354. The Balaban J connectivity index is 2.19. The maximum atomic E-state index is 9.92. The Morgan fingerprint density at radius 1 is 1.53 bits per heavy atom. The van der Waals surface area contributed by atoms with E-state index in [2.05, 4.69) is 11.9 Å². The molecular formula is C13H21NO2S. The van der Waals surface area contributed by atoms with E-state index in [1.807, 2.05) is 6.92 Å². The molecule has 3 nitrogen and oxygen atoms in total. The van der Waals surface area contributed by atoms with Crippen molar-refractivity contribution in [2.75, 3.05) is 6.61 Å². The summed E-state index contributed by atoms with van der Waals surface area (Å²) in [7, 11) is 0. The third kappa shape index (κ3) is 2.87. The van der Waals surface area contributed by atoms with Crippen LogP contribution in [0.15, 0.2) is 0 Å². The van der Waals surface area contributed by atoms with E-state index in [0.29, 0.717) is 0 Å². The van der Waals surface area contributed by atoms with E-state index in [4.69, 9.17) is 4.74 Å². The van der Waals surface area contributed by atoms with E-state index >= 15 is 0 Å². The second kappa shape index (κ2) is 5.94. The second-order valence-electron chi connectivity index (χ2n) is 4.50. The van der Waals surface area contributed by atoms with Crippen LogP contribution in [0.4, 0.5) is 0 Å². The van der Waals surface area contributed by atoms with Crippen molar-refractivity contribution in [1.29, 1.82) is 0 Å². The lowest BCUT2D eigenvalue weighted by molar-refractivity contribution is 0.0550. The number of hydrogen-bond acceptors (Lipinski definition) is 4. The van der Waals surface area contributed by atoms with Gasteiger partial charge in [-0.05, 0) is 32.6 Å². The van der Waals surface area contributed by atoms with Crippen LogP contribution >= 0.6 is 11.3 Å². The zero-order chi connectivity index (χ0) is 12.3. The van der Waals surface area contributed by atoms with Gasteiger partial charge in [0.15, 0.2) is 0 Å². The van der Waals surface area contributed by atoms with E-state index in [9.17, 15) is 5.11 Å². The zero-order valence-corrected chi connectivity index (χ0v) is 11.4. The molecule has 0 bridgehead atoms. The summed E-state index contributed by atoms with van der Waals surface area (Å²) in [4.78, 5) is 5.88. The number of aromatic nitrogens is 1. The number of rotatable bonds is 5. The zero-order valence-electron chi connectivity index (χ0n) is 10.6.